The summed E-state index contributed by atoms with van der Waals surface area (Å²) in [6, 6.07) is 12.7. The second kappa shape index (κ2) is 6.29. The van der Waals surface area contributed by atoms with Gasteiger partial charge in [0, 0.05) is 16.5 Å². The van der Waals surface area contributed by atoms with Crippen LogP contribution in [0.3, 0.4) is 0 Å². The third-order valence-electron chi connectivity index (χ3n) is 3.00. The molecule has 0 saturated heterocycles. The summed E-state index contributed by atoms with van der Waals surface area (Å²) in [5, 5.41) is 0.553. The molecule has 0 spiro atoms. The summed E-state index contributed by atoms with van der Waals surface area (Å²) in [7, 11) is 1.70. The zero-order valence-corrected chi connectivity index (χ0v) is 13.3. The molecule has 0 fully saturated rings. The Morgan fingerprint density at radius 2 is 1.90 bits per heavy atom. The molecule has 0 unspecified atom stereocenters. The summed E-state index contributed by atoms with van der Waals surface area (Å²) >= 11 is 9.31. The molecular formula is C15H14BrClN2O. The van der Waals surface area contributed by atoms with Crippen molar-refractivity contribution in [2.75, 3.05) is 17.7 Å². The zero-order valence-electron chi connectivity index (χ0n) is 10.9. The second-order valence-corrected chi connectivity index (χ2v) is 5.81. The number of amides is 1. The van der Waals surface area contributed by atoms with Gasteiger partial charge in [-0.05, 0) is 35.9 Å². The van der Waals surface area contributed by atoms with Crippen LogP contribution in [-0.4, -0.2) is 13.0 Å². The number of benzene rings is 2. The third-order valence-corrected chi connectivity index (χ3v) is 3.76. The Hall–Kier alpha value is -1.52. The van der Waals surface area contributed by atoms with Gasteiger partial charge >= 0.3 is 0 Å². The van der Waals surface area contributed by atoms with Gasteiger partial charge in [0.25, 0.3) is 0 Å². The molecule has 0 aliphatic rings. The Bertz CT molecular complexity index is 628. The van der Waals surface area contributed by atoms with Crippen LogP contribution >= 0.6 is 27.5 Å². The molecule has 0 aliphatic carbocycles. The van der Waals surface area contributed by atoms with E-state index in [2.05, 4.69) is 15.9 Å². The van der Waals surface area contributed by atoms with Crippen LogP contribution in [0.1, 0.15) is 5.56 Å². The Labute approximate surface area is 131 Å². The molecule has 1 amide bonds. The van der Waals surface area contributed by atoms with E-state index in [0.29, 0.717) is 22.8 Å². The van der Waals surface area contributed by atoms with E-state index in [0.717, 1.165) is 10.0 Å². The molecule has 3 nitrogen and oxygen atoms in total. The number of likely N-dealkylation sites (N-methyl/N-ethyl adjacent to an activating group) is 1. The quantitative estimate of drug-likeness (QED) is 0.851. The van der Waals surface area contributed by atoms with Gasteiger partial charge in [-0.3, -0.25) is 4.79 Å². The highest BCUT2D eigenvalue weighted by Crippen LogP contribution is 2.26. The Kier molecular flexibility index (Phi) is 4.68. The van der Waals surface area contributed by atoms with Crippen LogP contribution in [-0.2, 0) is 11.2 Å². The molecule has 0 heterocycles. The third kappa shape index (κ3) is 3.52. The van der Waals surface area contributed by atoms with Crippen molar-refractivity contribution in [2.24, 2.45) is 0 Å². The van der Waals surface area contributed by atoms with Crippen molar-refractivity contribution in [3.8, 4) is 0 Å². The fraction of sp³-hybridized carbons (Fsp3) is 0.133. The average molecular weight is 354 g/mol. The SMILES string of the molecule is CN(C(=O)Cc1ccc(Br)cc1)c1cc(Cl)ccc1N. The van der Waals surface area contributed by atoms with Crippen LogP contribution in [0.2, 0.25) is 5.02 Å². The number of nitrogen functional groups attached to an aromatic ring is 1. The van der Waals surface area contributed by atoms with E-state index in [4.69, 9.17) is 17.3 Å². The van der Waals surface area contributed by atoms with E-state index >= 15 is 0 Å². The van der Waals surface area contributed by atoms with Gasteiger partial charge in [-0.1, -0.05) is 39.7 Å². The Morgan fingerprint density at radius 3 is 2.55 bits per heavy atom. The lowest BCUT2D eigenvalue weighted by atomic mass is 10.1. The minimum absolute atomic E-state index is 0.0405. The summed E-state index contributed by atoms with van der Waals surface area (Å²) in [6.45, 7) is 0. The van der Waals surface area contributed by atoms with Crippen LogP contribution in [0.25, 0.3) is 0 Å². The van der Waals surface area contributed by atoms with Crippen molar-refractivity contribution >= 4 is 44.8 Å². The standard InChI is InChI=1S/C15H14BrClN2O/c1-19(14-9-12(17)6-7-13(14)18)15(20)8-10-2-4-11(16)5-3-10/h2-7,9H,8,18H2,1H3. The number of hydrogen-bond acceptors (Lipinski definition) is 2. The molecule has 0 atom stereocenters. The molecule has 2 aromatic carbocycles. The molecule has 0 radical (unpaired) electrons. The zero-order chi connectivity index (χ0) is 14.7. The van der Waals surface area contributed by atoms with E-state index in [1.54, 1.807) is 25.2 Å². The number of carbonyl (C=O) groups excluding carboxylic acids is 1. The monoisotopic (exact) mass is 352 g/mol. The van der Waals surface area contributed by atoms with Crippen LogP contribution in [0.15, 0.2) is 46.9 Å². The molecule has 5 heteroatoms. The van der Waals surface area contributed by atoms with E-state index in [1.165, 1.54) is 4.90 Å². The van der Waals surface area contributed by atoms with Gasteiger partial charge in [-0.2, -0.15) is 0 Å². The number of carbonyl (C=O) groups is 1. The van der Waals surface area contributed by atoms with Crippen molar-refractivity contribution in [1.29, 1.82) is 0 Å². The minimum atomic E-state index is -0.0405. The summed E-state index contributed by atoms with van der Waals surface area (Å²) in [6.07, 6.45) is 0.315. The van der Waals surface area contributed by atoms with Crippen molar-refractivity contribution < 1.29 is 4.79 Å². The molecule has 0 aromatic heterocycles. The van der Waals surface area contributed by atoms with Crippen molar-refractivity contribution in [1.82, 2.24) is 0 Å². The minimum Gasteiger partial charge on any atom is -0.397 e. The van der Waals surface area contributed by atoms with Crippen molar-refractivity contribution in [3.05, 3.63) is 57.5 Å². The highest BCUT2D eigenvalue weighted by Gasteiger charge is 2.14. The topological polar surface area (TPSA) is 46.3 Å². The molecule has 104 valence electrons. The maximum atomic E-state index is 12.3. The normalized spacial score (nSPS) is 10.3. The molecule has 2 N–H and O–H groups in total. The van der Waals surface area contributed by atoms with Crippen molar-refractivity contribution in [2.45, 2.75) is 6.42 Å². The van der Waals surface area contributed by atoms with Crippen LogP contribution in [0, 0.1) is 0 Å². The number of hydrogen-bond donors (Lipinski definition) is 1. The first-order valence-electron chi connectivity index (χ1n) is 6.03. The van der Waals surface area contributed by atoms with Crippen molar-refractivity contribution in [3.63, 3.8) is 0 Å². The fourth-order valence-electron chi connectivity index (χ4n) is 1.84. The predicted octanol–water partition coefficient (Wildman–Crippen LogP) is 3.89. The average Bonchev–Trinajstić information content (AvgIpc) is 2.43. The van der Waals surface area contributed by atoms with E-state index in [9.17, 15) is 4.79 Å². The first kappa shape index (κ1) is 14.9. The molecular weight excluding hydrogens is 340 g/mol. The molecule has 2 aromatic rings. The number of anilines is 2. The highest BCUT2D eigenvalue weighted by molar-refractivity contribution is 9.10. The molecule has 20 heavy (non-hydrogen) atoms. The second-order valence-electron chi connectivity index (χ2n) is 4.46. The predicted molar refractivity (Wildman–Crippen MR) is 87.1 cm³/mol. The van der Waals surface area contributed by atoms with Gasteiger partial charge in [0.05, 0.1) is 17.8 Å². The smallest absolute Gasteiger partial charge is 0.231 e. The van der Waals surface area contributed by atoms with Crippen LogP contribution in [0.4, 0.5) is 11.4 Å². The largest absolute Gasteiger partial charge is 0.397 e. The lowest BCUT2D eigenvalue weighted by Gasteiger charge is -2.19. The first-order valence-corrected chi connectivity index (χ1v) is 7.20. The van der Waals surface area contributed by atoms with Crippen LogP contribution < -0.4 is 10.6 Å². The van der Waals surface area contributed by atoms with E-state index in [-0.39, 0.29) is 5.91 Å². The van der Waals surface area contributed by atoms with Gasteiger partial charge in [0.1, 0.15) is 0 Å². The van der Waals surface area contributed by atoms with Crippen LogP contribution in [0.5, 0.6) is 0 Å². The molecule has 0 aliphatic heterocycles. The molecule has 0 saturated carbocycles. The molecule has 0 bridgehead atoms. The van der Waals surface area contributed by atoms with Gasteiger partial charge in [0.2, 0.25) is 5.91 Å². The highest BCUT2D eigenvalue weighted by atomic mass is 79.9. The number of nitrogens with zero attached hydrogens (tertiary/aromatic N) is 1. The summed E-state index contributed by atoms with van der Waals surface area (Å²) in [5.41, 5.74) is 7.99. The van der Waals surface area contributed by atoms with Gasteiger partial charge in [0.15, 0.2) is 0 Å². The number of nitrogens with two attached hydrogens (primary N) is 1. The summed E-state index contributed by atoms with van der Waals surface area (Å²) in [4.78, 5) is 13.8. The lowest BCUT2D eigenvalue weighted by Crippen LogP contribution is -2.28. The Morgan fingerprint density at radius 1 is 1.25 bits per heavy atom. The van der Waals surface area contributed by atoms with E-state index < -0.39 is 0 Å². The maximum Gasteiger partial charge on any atom is 0.231 e. The van der Waals surface area contributed by atoms with Gasteiger partial charge in [-0.25, -0.2) is 0 Å². The summed E-state index contributed by atoms with van der Waals surface area (Å²) in [5.74, 6) is -0.0405. The lowest BCUT2D eigenvalue weighted by molar-refractivity contribution is -0.117. The summed E-state index contributed by atoms with van der Waals surface area (Å²) < 4.78 is 0.987. The van der Waals surface area contributed by atoms with E-state index in [1.807, 2.05) is 24.3 Å². The molecule has 2 rings (SSSR count). The fourth-order valence-corrected chi connectivity index (χ4v) is 2.27. The first-order chi connectivity index (χ1) is 9.47. The van der Waals surface area contributed by atoms with Gasteiger partial charge < -0.3 is 10.6 Å². The maximum absolute atomic E-state index is 12.3. The number of rotatable bonds is 3. The van der Waals surface area contributed by atoms with Gasteiger partial charge in [-0.15, -0.1) is 0 Å². The Balaban J connectivity index is 2.16. The number of halogens is 2.